The van der Waals surface area contributed by atoms with E-state index in [1.807, 2.05) is 50.2 Å². The molecular formula is C24H25N3O3. The van der Waals surface area contributed by atoms with Crippen molar-refractivity contribution < 1.29 is 9.90 Å². The number of benzene rings is 2. The van der Waals surface area contributed by atoms with Gasteiger partial charge in [0.15, 0.2) is 11.4 Å². The van der Waals surface area contributed by atoms with Gasteiger partial charge in [0.05, 0.1) is 12.2 Å². The fourth-order valence-electron chi connectivity index (χ4n) is 4.25. The molecule has 1 unspecified atom stereocenters. The summed E-state index contributed by atoms with van der Waals surface area (Å²) in [6, 6.07) is 19.9. The largest absolute Gasteiger partial charge is 0.502 e. The van der Waals surface area contributed by atoms with Crippen molar-refractivity contribution in [2.24, 2.45) is 5.92 Å². The van der Waals surface area contributed by atoms with E-state index >= 15 is 0 Å². The van der Waals surface area contributed by atoms with Gasteiger partial charge in [-0.15, -0.1) is 0 Å². The molecule has 0 aliphatic carbocycles. The second-order valence-electron chi connectivity index (χ2n) is 8.12. The molecular weight excluding hydrogens is 378 g/mol. The first-order valence-electron chi connectivity index (χ1n) is 10.2. The maximum Gasteiger partial charge on any atom is 0.276 e. The van der Waals surface area contributed by atoms with Gasteiger partial charge in [-0.05, 0) is 17.0 Å². The monoisotopic (exact) mass is 403 g/mol. The Kier molecular flexibility index (Phi) is 5.40. The summed E-state index contributed by atoms with van der Waals surface area (Å²) < 4.78 is 1.54. The predicted molar refractivity (Wildman–Crippen MR) is 115 cm³/mol. The normalized spacial score (nSPS) is 16.2. The molecule has 1 atom stereocenters. The minimum Gasteiger partial charge on any atom is -0.502 e. The van der Waals surface area contributed by atoms with Crippen molar-refractivity contribution in [3.05, 3.63) is 93.9 Å². The van der Waals surface area contributed by atoms with Crippen LogP contribution in [-0.2, 0) is 0 Å². The minimum absolute atomic E-state index is 0.0312. The van der Waals surface area contributed by atoms with Gasteiger partial charge in [0, 0.05) is 19.0 Å². The number of rotatable bonds is 5. The maximum absolute atomic E-state index is 13.1. The van der Waals surface area contributed by atoms with Crippen LogP contribution in [0.2, 0.25) is 0 Å². The Morgan fingerprint density at radius 2 is 1.57 bits per heavy atom. The Morgan fingerprint density at radius 3 is 2.10 bits per heavy atom. The highest BCUT2D eigenvalue weighted by atomic mass is 16.3. The molecule has 0 bridgehead atoms. The van der Waals surface area contributed by atoms with Gasteiger partial charge in [-0.3, -0.25) is 14.3 Å². The molecule has 6 heteroatoms. The van der Waals surface area contributed by atoms with Crippen LogP contribution in [0, 0.1) is 5.92 Å². The van der Waals surface area contributed by atoms with Crippen molar-refractivity contribution in [3.63, 3.8) is 0 Å². The lowest BCUT2D eigenvalue weighted by atomic mass is 9.83. The van der Waals surface area contributed by atoms with E-state index in [1.54, 1.807) is 9.58 Å². The van der Waals surface area contributed by atoms with Crippen molar-refractivity contribution in [2.75, 3.05) is 13.1 Å². The summed E-state index contributed by atoms with van der Waals surface area (Å²) >= 11 is 0. The van der Waals surface area contributed by atoms with Gasteiger partial charge in [0.25, 0.3) is 5.91 Å². The Bertz CT molecular complexity index is 1050. The summed E-state index contributed by atoms with van der Waals surface area (Å²) in [4.78, 5) is 26.9. The summed E-state index contributed by atoms with van der Waals surface area (Å²) in [6.07, 6.45) is 1.09. The standard InChI is InChI=1S/C24H25N3O3/c1-16(2)14-26-15-19(27-22(24(26)30)23(29)20(28)13-25-27)21(17-9-5-3-6-10-17)18-11-7-4-8-12-18/h3-13,16,19,21,29H,14-15H2,1-2H3. The first-order chi connectivity index (χ1) is 14.5. The molecule has 1 amide bonds. The fraction of sp³-hybridized carbons (Fsp3) is 0.292. The Labute approximate surface area is 175 Å². The van der Waals surface area contributed by atoms with Crippen LogP contribution >= 0.6 is 0 Å². The third kappa shape index (κ3) is 3.61. The lowest BCUT2D eigenvalue weighted by Gasteiger charge is -2.39. The number of carbonyl (C=O) groups excluding carboxylic acids is 1. The van der Waals surface area contributed by atoms with Gasteiger partial charge in [0.2, 0.25) is 5.43 Å². The third-order valence-electron chi connectivity index (χ3n) is 5.49. The third-order valence-corrected chi connectivity index (χ3v) is 5.49. The zero-order valence-corrected chi connectivity index (χ0v) is 17.1. The molecule has 2 aromatic carbocycles. The van der Waals surface area contributed by atoms with Crippen LogP contribution < -0.4 is 5.43 Å². The van der Waals surface area contributed by atoms with E-state index in [2.05, 4.69) is 29.4 Å². The molecule has 2 heterocycles. The Hall–Kier alpha value is -3.41. The average Bonchev–Trinajstić information content (AvgIpc) is 2.75. The number of carbonyl (C=O) groups is 1. The van der Waals surface area contributed by atoms with E-state index in [1.165, 1.54) is 0 Å². The van der Waals surface area contributed by atoms with Crippen LogP contribution in [0.4, 0.5) is 0 Å². The highest BCUT2D eigenvalue weighted by Crippen LogP contribution is 2.39. The summed E-state index contributed by atoms with van der Waals surface area (Å²) in [7, 11) is 0. The van der Waals surface area contributed by atoms with E-state index in [4.69, 9.17) is 0 Å². The second kappa shape index (κ2) is 8.14. The quantitative estimate of drug-likeness (QED) is 0.708. The number of hydrogen-bond acceptors (Lipinski definition) is 4. The summed E-state index contributed by atoms with van der Waals surface area (Å²) in [5, 5.41) is 14.8. The first kappa shape index (κ1) is 19.9. The van der Waals surface area contributed by atoms with Crippen LogP contribution in [0.5, 0.6) is 5.75 Å². The number of fused-ring (bicyclic) bond motifs is 1. The van der Waals surface area contributed by atoms with Crippen molar-refractivity contribution in [1.82, 2.24) is 14.7 Å². The zero-order chi connectivity index (χ0) is 21.3. The van der Waals surface area contributed by atoms with E-state index in [0.29, 0.717) is 13.1 Å². The molecule has 3 aromatic rings. The topological polar surface area (TPSA) is 75.4 Å². The van der Waals surface area contributed by atoms with E-state index in [0.717, 1.165) is 17.3 Å². The molecule has 0 fully saturated rings. The van der Waals surface area contributed by atoms with Crippen molar-refractivity contribution in [1.29, 1.82) is 0 Å². The molecule has 154 valence electrons. The highest BCUT2D eigenvalue weighted by molar-refractivity contribution is 5.95. The van der Waals surface area contributed by atoms with Crippen molar-refractivity contribution in [3.8, 4) is 5.75 Å². The van der Waals surface area contributed by atoms with Gasteiger partial charge in [-0.2, -0.15) is 5.10 Å². The zero-order valence-electron chi connectivity index (χ0n) is 17.1. The number of aromatic nitrogens is 2. The maximum atomic E-state index is 13.1. The van der Waals surface area contributed by atoms with Crippen LogP contribution in [0.1, 0.15) is 47.4 Å². The first-order valence-corrected chi connectivity index (χ1v) is 10.2. The highest BCUT2D eigenvalue weighted by Gasteiger charge is 2.39. The molecule has 1 aromatic heterocycles. The molecule has 4 rings (SSSR count). The van der Waals surface area contributed by atoms with E-state index < -0.39 is 11.2 Å². The van der Waals surface area contributed by atoms with Crippen molar-refractivity contribution >= 4 is 5.91 Å². The lowest BCUT2D eigenvalue weighted by Crippen LogP contribution is -2.48. The van der Waals surface area contributed by atoms with Crippen LogP contribution in [0.25, 0.3) is 0 Å². The Morgan fingerprint density at radius 1 is 1.00 bits per heavy atom. The fourth-order valence-corrected chi connectivity index (χ4v) is 4.25. The molecule has 0 saturated carbocycles. The van der Waals surface area contributed by atoms with Gasteiger partial charge in [0.1, 0.15) is 0 Å². The van der Waals surface area contributed by atoms with E-state index in [-0.39, 0.29) is 29.5 Å². The number of hydrogen-bond donors (Lipinski definition) is 1. The smallest absolute Gasteiger partial charge is 0.276 e. The molecule has 1 aliphatic heterocycles. The average molecular weight is 403 g/mol. The van der Waals surface area contributed by atoms with Gasteiger partial charge >= 0.3 is 0 Å². The minimum atomic E-state index is -0.643. The second-order valence-corrected chi connectivity index (χ2v) is 8.12. The molecule has 30 heavy (non-hydrogen) atoms. The van der Waals surface area contributed by atoms with E-state index in [9.17, 15) is 14.7 Å². The SMILES string of the molecule is CC(C)CN1CC(C(c2ccccc2)c2ccccc2)n2ncc(=O)c(O)c2C1=O. The summed E-state index contributed by atoms with van der Waals surface area (Å²) in [5.74, 6) is -0.752. The molecule has 0 radical (unpaired) electrons. The summed E-state index contributed by atoms with van der Waals surface area (Å²) in [6.45, 7) is 5.06. The Balaban J connectivity index is 1.92. The van der Waals surface area contributed by atoms with Gasteiger partial charge < -0.3 is 10.0 Å². The van der Waals surface area contributed by atoms with Crippen molar-refractivity contribution in [2.45, 2.75) is 25.8 Å². The number of amides is 1. The molecule has 0 saturated heterocycles. The van der Waals surface area contributed by atoms with Crippen LogP contribution in [0.3, 0.4) is 0 Å². The molecule has 1 N–H and O–H groups in total. The van der Waals surface area contributed by atoms with Gasteiger partial charge in [-0.25, -0.2) is 0 Å². The lowest BCUT2D eigenvalue weighted by molar-refractivity contribution is 0.0610. The van der Waals surface area contributed by atoms with Gasteiger partial charge in [-0.1, -0.05) is 74.5 Å². The predicted octanol–water partition coefficient (Wildman–Crippen LogP) is 3.43. The molecule has 6 nitrogen and oxygen atoms in total. The van der Waals surface area contributed by atoms with Crippen LogP contribution in [-0.4, -0.2) is 38.8 Å². The molecule has 0 spiro atoms. The molecule has 1 aliphatic rings. The number of aromatic hydroxyl groups is 1. The number of nitrogens with zero attached hydrogens (tertiary/aromatic N) is 3. The van der Waals surface area contributed by atoms with Crippen LogP contribution in [0.15, 0.2) is 71.7 Å². The summed E-state index contributed by atoms with van der Waals surface area (Å²) in [5.41, 5.74) is 1.49.